The number of hydrogen-bond acceptors (Lipinski definition) is 2. The predicted molar refractivity (Wildman–Crippen MR) is 110 cm³/mol. The van der Waals surface area contributed by atoms with Gasteiger partial charge in [-0.2, -0.15) is 0 Å². The lowest BCUT2D eigenvalue weighted by Crippen LogP contribution is -2.19. The van der Waals surface area contributed by atoms with E-state index in [0.717, 1.165) is 17.8 Å². The van der Waals surface area contributed by atoms with Crippen LogP contribution in [0.1, 0.15) is 112 Å². The second-order valence-electron chi connectivity index (χ2n) is 9.03. The molecule has 0 spiro atoms. The van der Waals surface area contributed by atoms with Crippen molar-refractivity contribution < 1.29 is 0 Å². The standard InChI is InChI=1S/C23H38N2/c1-15(2)14-19-20(17-10-6-4-7-11-17)16(3)22(24)21(23(19)25)18-12-8-5-9-13-18/h15,17-18H,4-14,24-25H2,1-3H3. The minimum atomic E-state index is 0.582. The van der Waals surface area contributed by atoms with Crippen molar-refractivity contribution in [2.75, 3.05) is 11.5 Å². The first-order chi connectivity index (χ1) is 12.0. The van der Waals surface area contributed by atoms with Crippen LogP contribution >= 0.6 is 0 Å². The smallest absolute Gasteiger partial charge is 0.0405 e. The first kappa shape index (κ1) is 18.6. The van der Waals surface area contributed by atoms with Crippen molar-refractivity contribution in [3.63, 3.8) is 0 Å². The predicted octanol–water partition coefficient (Wildman–Crippen LogP) is 6.45. The SMILES string of the molecule is Cc1c(N)c(C2CCCCC2)c(N)c(CC(C)C)c1C1CCCCC1. The van der Waals surface area contributed by atoms with Crippen LogP contribution in [0.25, 0.3) is 0 Å². The van der Waals surface area contributed by atoms with Gasteiger partial charge in [-0.25, -0.2) is 0 Å². The van der Waals surface area contributed by atoms with Crippen molar-refractivity contribution >= 4 is 11.4 Å². The van der Waals surface area contributed by atoms with Gasteiger partial charge in [-0.15, -0.1) is 0 Å². The molecule has 140 valence electrons. The van der Waals surface area contributed by atoms with Crippen LogP contribution in [-0.4, -0.2) is 0 Å². The Morgan fingerprint density at radius 3 is 1.72 bits per heavy atom. The fourth-order valence-corrected chi connectivity index (χ4v) is 5.43. The topological polar surface area (TPSA) is 52.0 Å². The van der Waals surface area contributed by atoms with Crippen LogP contribution in [0.3, 0.4) is 0 Å². The van der Waals surface area contributed by atoms with Gasteiger partial charge < -0.3 is 11.5 Å². The van der Waals surface area contributed by atoms with Crippen molar-refractivity contribution in [1.82, 2.24) is 0 Å². The van der Waals surface area contributed by atoms with Crippen molar-refractivity contribution in [2.24, 2.45) is 5.92 Å². The third-order valence-electron chi connectivity index (χ3n) is 6.68. The van der Waals surface area contributed by atoms with E-state index in [2.05, 4.69) is 20.8 Å². The van der Waals surface area contributed by atoms with Crippen LogP contribution < -0.4 is 11.5 Å². The third kappa shape index (κ3) is 3.83. The molecule has 4 N–H and O–H groups in total. The molecule has 0 amide bonds. The van der Waals surface area contributed by atoms with Gasteiger partial charge in [0.25, 0.3) is 0 Å². The van der Waals surface area contributed by atoms with Gasteiger partial charge in [0.05, 0.1) is 0 Å². The summed E-state index contributed by atoms with van der Waals surface area (Å²) in [6.07, 6.45) is 14.4. The third-order valence-corrected chi connectivity index (χ3v) is 6.68. The zero-order valence-electron chi connectivity index (χ0n) is 16.7. The highest BCUT2D eigenvalue weighted by Gasteiger charge is 2.29. The normalized spacial score (nSPS) is 20.3. The number of nitrogen functional groups attached to an aromatic ring is 2. The molecule has 3 rings (SSSR count). The molecule has 2 heteroatoms. The first-order valence-corrected chi connectivity index (χ1v) is 10.7. The lowest BCUT2D eigenvalue weighted by atomic mass is 9.74. The molecule has 1 aromatic rings. The summed E-state index contributed by atoms with van der Waals surface area (Å²) in [5.74, 6) is 1.89. The molecule has 0 radical (unpaired) electrons. The van der Waals surface area contributed by atoms with Crippen molar-refractivity contribution in [1.29, 1.82) is 0 Å². The van der Waals surface area contributed by atoms with Gasteiger partial charge >= 0.3 is 0 Å². The van der Waals surface area contributed by atoms with E-state index in [9.17, 15) is 0 Å². The Morgan fingerprint density at radius 2 is 1.24 bits per heavy atom. The van der Waals surface area contributed by atoms with Crippen LogP contribution in [0, 0.1) is 12.8 Å². The van der Waals surface area contributed by atoms with E-state index in [1.165, 1.54) is 86.5 Å². The maximum atomic E-state index is 6.86. The van der Waals surface area contributed by atoms with Crippen molar-refractivity contribution in [3.05, 3.63) is 22.3 Å². The minimum Gasteiger partial charge on any atom is -0.398 e. The summed E-state index contributed by atoms with van der Waals surface area (Å²) in [6, 6.07) is 0. The molecule has 0 bridgehead atoms. The molecule has 1 aromatic carbocycles. The highest BCUT2D eigenvalue weighted by atomic mass is 14.7. The van der Waals surface area contributed by atoms with Crippen molar-refractivity contribution in [3.8, 4) is 0 Å². The van der Waals surface area contributed by atoms with Gasteiger partial charge in [0.15, 0.2) is 0 Å². The molecule has 2 aliphatic rings. The number of hydrogen-bond donors (Lipinski definition) is 2. The summed E-state index contributed by atoms with van der Waals surface area (Å²) in [5, 5.41) is 0. The highest BCUT2D eigenvalue weighted by molar-refractivity contribution is 5.74. The van der Waals surface area contributed by atoms with E-state index >= 15 is 0 Å². The van der Waals surface area contributed by atoms with Gasteiger partial charge in [0.2, 0.25) is 0 Å². The van der Waals surface area contributed by atoms with Crippen LogP contribution in [0.4, 0.5) is 11.4 Å². The molecule has 25 heavy (non-hydrogen) atoms. The summed E-state index contributed by atoms with van der Waals surface area (Å²) >= 11 is 0. The van der Waals surface area contributed by atoms with E-state index in [4.69, 9.17) is 11.5 Å². The highest BCUT2D eigenvalue weighted by Crippen LogP contribution is 2.47. The fourth-order valence-electron chi connectivity index (χ4n) is 5.43. The van der Waals surface area contributed by atoms with Crippen LogP contribution in [0.2, 0.25) is 0 Å². The molecule has 0 unspecified atom stereocenters. The maximum Gasteiger partial charge on any atom is 0.0405 e. The van der Waals surface area contributed by atoms with E-state index in [1.807, 2.05) is 0 Å². The number of anilines is 2. The van der Waals surface area contributed by atoms with Gasteiger partial charge in [-0.1, -0.05) is 52.4 Å². The van der Waals surface area contributed by atoms with Crippen LogP contribution in [0.5, 0.6) is 0 Å². The Bertz CT molecular complexity index is 591. The number of benzene rings is 1. The number of rotatable bonds is 4. The largest absolute Gasteiger partial charge is 0.398 e. The molecule has 0 aromatic heterocycles. The van der Waals surface area contributed by atoms with Gasteiger partial charge in [-0.05, 0) is 73.5 Å². The summed E-state index contributed by atoms with van der Waals surface area (Å²) < 4.78 is 0. The zero-order valence-corrected chi connectivity index (χ0v) is 16.7. The first-order valence-electron chi connectivity index (χ1n) is 10.7. The van der Waals surface area contributed by atoms with E-state index in [1.54, 1.807) is 0 Å². The number of nitrogens with two attached hydrogens (primary N) is 2. The molecule has 2 nitrogen and oxygen atoms in total. The molecule has 0 aliphatic heterocycles. The summed E-state index contributed by atoms with van der Waals surface area (Å²) in [4.78, 5) is 0. The molecule has 0 heterocycles. The second-order valence-corrected chi connectivity index (χ2v) is 9.03. The zero-order chi connectivity index (χ0) is 18.0. The van der Waals surface area contributed by atoms with Crippen molar-refractivity contribution in [2.45, 2.75) is 103 Å². The molecule has 2 saturated carbocycles. The summed E-state index contributed by atoms with van der Waals surface area (Å²) in [5.41, 5.74) is 21.3. The maximum absolute atomic E-state index is 6.86. The summed E-state index contributed by atoms with van der Waals surface area (Å²) in [6.45, 7) is 6.90. The second kappa shape index (κ2) is 8.01. The lowest BCUT2D eigenvalue weighted by molar-refractivity contribution is 0.436. The molecule has 2 aliphatic carbocycles. The molecule has 0 atom stereocenters. The van der Waals surface area contributed by atoms with E-state index < -0.39 is 0 Å². The average Bonchev–Trinajstić information content (AvgIpc) is 2.61. The van der Waals surface area contributed by atoms with Gasteiger partial charge in [0, 0.05) is 16.9 Å². The summed E-state index contributed by atoms with van der Waals surface area (Å²) in [7, 11) is 0. The molecule has 0 saturated heterocycles. The van der Waals surface area contributed by atoms with Gasteiger partial charge in [-0.3, -0.25) is 0 Å². The Kier molecular flexibility index (Phi) is 5.96. The lowest BCUT2D eigenvalue weighted by Gasteiger charge is -2.33. The Labute approximate surface area is 154 Å². The molecule has 2 fully saturated rings. The molecular weight excluding hydrogens is 304 g/mol. The monoisotopic (exact) mass is 342 g/mol. The molecular formula is C23H38N2. The van der Waals surface area contributed by atoms with Crippen LogP contribution in [0.15, 0.2) is 0 Å². The van der Waals surface area contributed by atoms with Crippen LogP contribution in [-0.2, 0) is 6.42 Å². The Balaban J connectivity index is 2.10. The Morgan fingerprint density at radius 1 is 0.760 bits per heavy atom. The quantitative estimate of drug-likeness (QED) is 0.617. The fraction of sp³-hybridized carbons (Fsp3) is 0.739. The Hall–Kier alpha value is -1.18. The average molecular weight is 343 g/mol. The van der Waals surface area contributed by atoms with E-state index in [0.29, 0.717) is 17.8 Å². The van der Waals surface area contributed by atoms with Gasteiger partial charge in [0.1, 0.15) is 0 Å². The van der Waals surface area contributed by atoms with E-state index in [-0.39, 0.29) is 0 Å². The minimum absolute atomic E-state index is 0.582.